The topological polar surface area (TPSA) is 105 Å². The number of ether oxygens (including phenoxy) is 2. The van der Waals surface area contributed by atoms with Gasteiger partial charge in [-0.2, -0.15) is 0 Å². The Morgan fingerprint density at radius 2 is 2.18 bits per heavy atom. The van der Waals surface area contributed by atoms with Gasteiger partial charge in [0.05, 0.1) is 18.1 Å². The summed E-state index contributed by atoms with van der Waals surface area (Å²) in [7, 11) is 0. The first-order valence-corrected chi connectivity index (χ1v) is 9.69. The highest BCUT2D eigenvalue weighted by atomic mass is 32.2. The molecule has 0 radical (unpaired) electrons. The van der Waals surface area contributed by atoms with Crippen molar-refractivity contribution in [1.29, 1.82) is 0 Å². The molecule has 0 saturated carbocycles. The van der Waals surface area contributed by atoms with E-state index in [1.807, 2.05) is 12.1 Å². The average Bonchev–Trinajstić information content (AvgIpc) is 3.46. The first kappa shape index (κ1) is 17.1. The summed E-state index contributed by atoms with van der Waals surface area (Å²) in [6.45, 7) is 0.164. The minimum atomic E-state index is -0.407. The number of carbonyl (C=O) groups excluding carboxylic acids is 2. The van der Waals surface area contributed by atoms with Gasteiger partial charge in [0.2, 0.25) is 6.79 Å². The van der Waals surface area contributed by atoms with Crippen LogP contribution in [-0.4, -0.2) is 40.5 Å². The number of rotatable bonds is 4. The van der Waals surface area contributed by atoms with Gasteiger partial charge in [0, 0.05) is 12.0 Å². The first-order valence-electron chi connectivity index (χ1n) is 8.71. The maximum Gasteiger partial charge on any atom is 0.264 e. The van der Waals surface area contributed by atoms with Crippen LogP contribution in [0, 0.1) is 0 Å². The number of hydrogen-bond acceptors (Lipinski definition) is 9. The highest BCUT2D eigenvalue weighted by Crippen LogP contribution is 2.34. The van der Waals surface area contributed by atoms with Crippen LogP contribution in [0.3, 0.4) is 0 Å². The minimum absolute atomic E-state index is 0.0683. The van der Waals surface area contributed by atoms with E-state index in [1.54, 1.807) is 29.5 Å². The maximum atomic E-state index is 12.6. The number of nitrogens with zero attached hydrogens (tertiary/aromatic N) is 2. The number of nitrogens with one attached hydrogen (secondary N) is 2. The van der Waals surface area contributed by atoms with Gasteiger partial charge >= 0.3 is 0 Å². The van der Waals surface area contributed by atoms with Crippen molar-refractivity contribution in [1.82, 2.24) is 15.9 Å². The molecule has 1 aromatic heterocycles. The van der Waals surface area contributed by atoms with E-state index in [4.69, 9.17) is 13.9 Å². The molecule has 2 N–H and O–H groups in total. The molecule has 10 heteroatoms. The van der Waals surface area contributed by atoms with Gasteiger partial charge in [-0.15, -0.1) is 5.10 Å². The van der Waals surface area contributed by atoms with Crippen molar-refractivity contribution < 1.29 is 23.5 Å². The smallest absolute Gasteiger partial charge is 0.264 e. The van der Waals surface area contributed by atoms with E-state index in [0.717, 1.165) is 5.76 Å². The van der Waals surface area contributed by atoms with Crippen LogP contribution >= 0.6 is 11.8 Å². The number of Topliss-reactive ketones (excluding diaryl/α,β-unsaturated/α-hetero) is 1. The van der Waals surface area contributed by atoms with Crippen molar-refractivity contribution in [3.63, 3.8) is 0 Å². The van der Waals surface area contributed by atoms with Crippen molar-refractivity contribution in [3.8, 4) is 11.5 Å². The van der Waals surface area contributed by atoms with Crippen LogP contribution in [0.4, 0.5) is 0 Å². The third-order valence-electron chi connectivity index (χ3n) is 4.75. The zero-order chi connectivity index (χ0) is 19.1. The summed E-state index contributed by atoms with van der Waals surface area (Å²) in [4.78, 5) is 24.8. The number of carbonyl (C=O) groups is 2. The number of hydrazone groups is 1. The third-order valence-corrected chi connectivity index (χ3v) is 5.70. The number of amidine groups is 1. The summed E-state index contributed by atoms with van der Waals surface area (Å²) in [5.74, 6) is 1.87. The summed E-state index contributed by atoms with van der Waals surface area (Å²) >= 11 is 1.26. The Morgan fingerprint density at radius 1 is 1.29 bits per heavy atom. The second-order valence-electron chi connectivity index (χ2n) is 6.47. The molecule has 5 rings (SSSR count). The monoisotopic (exact) mass is 400 g/mol. The molecule has 0 bridgehead atoms. The molecule has 3 aliphatic rings. The molecule has 9 nitrogen and oxygen atoms in total. The van der Waals surface area contributed by atoms with Gasteiger partial charge in [-0.25, -0.2) is 10.9 Å². The summed E-state index contributed by atoms with van der Waals surface area (Å²) in [5.41, 5.74) is 6.33. The van der Waals surface area contributed by atoms with Gasteiger partial charge < -0.3 is 13.9 Å². The quantitative estimate of drug-likeness (QED) is 0.747. The Bertz CT molecular complexity index is 961. The van der Waals surface area contributed by atoms with Crippen LogP contribution in [0.25, 0.3) is 0 Å². The molecule has 0 spiro atoms. The Hall–Kier alpha value is -2.98. The summed E-state index contributed by atoms with van der Waals surface area (Å²) in [6, 6.07) is 8.26. The van der Waals surface area contributed by atoms with Crippen molar-refractivity contribution >= 4 is 28.6 Å². The van der Waals surface area contributed by atoms with E-state index in [9.17, 15) is 9.59 Å². The number of fused-ring (bicyclic) bond motifs is 2. The lowest BCUT2D eigenvalue weighted by Crippen LogP contribution is -2.52. The van der Waals surface area contributed by atoms with Crippen LogP contribution in [0.1, 0.15) is 28.6 Å². The molecule has 2 aromatic rings. The fraction of sp³-hybridized carbons (Fsp3) is 0.278. The number of benzene rings is 1. The van der Waals surface area contributed by atoms with E-state index in [2.05, 4.69) is 16.0 Å². The highest BCUT2D eigenvalue weighted by molar-refractivity contribution is 8.14. The van der Waals surface area contributed by atoms with Gasteiger partial charge in [-0.05, 0) is 30.3 Å². The standard InChI is InChI=1S/C18H16N4O5S/c23-13(10-3-4-15-16(6-10)27-9-26-15)8-28-18-20-19-17(24)12-7-11(21-22(12)18)14-2-1-5-25-14/h1-6,11-12,21H,7-9H2,(H,19,24). The molecule has 3 aliphatic heterocycles. The molecule has 2 atom stereocenters. The predicted octanol–water partition coefficient (Wildman–Crippen LogP) is 1.65. The Balaban J connectivity index is 1.27. The zero-order valence-electron chi connectivity index (χ0n) is 14.6. The number of amides is 1. The molecule has 2 unspecified atom stereocenters. The Morgan fingerprint density at radius 3 is 3.04 bits per heavy atom. The molecule has 1 fully saturated rings. The number of ketones is 1. The summed E-state index contributed by atoms with van der Waals surface area (Å²) in [6.07, 6.45) is 2.15. The second kappa shape index (κ2) is 6.88. The van der Waals surface area contributed by atoms with Crippen LogP contribution in [-0.2, 0) is 4.79 Å². The van der Waals surface area contributed by atoms with E-state index in [-0.39, 0.29) is 30.3 Å². The molecule has 1 aromatic carbocycles. The first-order chi connectivity index (χ1) is 13.7. The van der Waals surface area contributed by atoms with Gasteiger partial charge in [-0.3, -0.25) is 14.6 Å². The molecule has 1 amide bonds. The average molecular weight is 400 g/mol. The van der Waals surface area contributed by atoms with Crippen LogP contribution < -0.4 is 20.3 Å². The van der Waals surface area contributed by atoms with E-state index in [0.29, 0.717) is 28.7 Å². The van der Waals surface area contributed by atoms with Crippen LogP contribution in [0.15, 0.2) is 46.1 Å². The molecular weight excluding hydrogens is 384 g/mol. The van der Waals surface area contributed by atoms with E-state index < -0.39 is 6.04 Å². The minimum Gasteiger partial charge on any atom is -0.468 e. The summed E-state index contributed by atoms with van der Waals surface area (Å²) in [5, 5.41) is 6.36. The number of hydrazine groups is 1. The lowest BCUT2D eigenvalue weighted by molar-refractivity contribution is -0.125. The van der Waals surface area contributed by atoms with E-state index in [1.165, 1.54) is 11.8 Å². The fourth-order valence-electron chi connectivity index (χ4n) is 3.34. The van der Waals surface area contributed by atoms with Crippen LogP contribution in [0.2, 0.25) is 0 Å². The Labute approximate surface area is 164 Å². The lowest BCUT2D eigenvalue weighted by Gasteiger charge is -2.29. The molecule has 1 saturated heterocycles. The molecule has 28 heavy (non-hydrogen) atoms. The van der Waals surface area contributed by atoms with Crippen LogP contribution in [0.5, 0.6) is 11.5 Å². The van der Waals surface area contributed by atoms with Crippen molar-refractivity contribution in [2.75, 3.05) is 12.5 Å². The van der Waals surface area contributed by atoms with Crippen molar-refractivity contribution in [2.45, 2.75) is 18.5 Å². The zero-order valence-corrected chi connectivity index (χ0v) is 15.4. The van der Waals surface area contributed by atoms with Crippen molar-refractivity contribution in [3.05, 3.63) is 47.9 Å². The van der Waals surface area contributed by atoms with Crippen molar-refractivity contribution in [2.24, 2.45) is 5.10 Å². The number of thioether (sulfide) groups is 1. The van der Waals surface area contributed by atoms with Gasteiger partial charge in [0.1, 0.15) is 11.8 Å². The highest BCUT2D eigenvalue weighted by Gasteiger charge is 2.42. The molecule has 0 aliphatic carbocycles. The number of furan rings is 1. The molecular formula is C18H16N4O5S. The normalized spacial score (nSPS) is 22.6. The van der Waals surface area contributed by atoms with Gasteiger partial charge in [0.25, 0.3) is 5.91 Å². The number of hydrogen-bond donors (Lipinski definition) is 2. The van der Waals surface area contributed by atoms with Gasteiger partial charge in [-0.1, -0.05) is 11.8 Å². The Kier molecular flexibility index (Phi) is 4.21. The third kappa shape index (κ3) is 3.00. The lowest BCUT2D eigenvalue weighted by atomic mass is 10.1. The predicted molar refractivity (Wildman–Crippen MR) is 99.8 cm³/mol. The molecule has 144 valence electrons. The fourth-order valence-corrected chi connectivity index (χ4v) is 4.19. The second-order valence-corrected chi connectivity index (χ2v) is 7.41. The molecule has 4 heterocycles. The van der Waals surface area contributed by atoms with E-state index >= 15 is 0 Å². The maximum absolute atomic E-state index is 12.6. The SMILES string of the molecule is O=C(CSC1=NNC(=O)C2CC(c3ccco3)NN12)c1ccc2c(c1)OCO2. The van der Waals surface area contributed by atoms with Gasteiger partial charge in [0.15, 0.2) is 22.4 Å². The largest absolute Gasteiger partial charge is 0.468 e. The summed E-state index contributed by atoms with van der Waals surface area (Å²) < 4.78 is 16.0.